The number of nitrogens with one attached hydrogen (secondary N) is 1. The highest BCUT2D eigenvalue weighted by atomic mass is 35.5. The van der Waals surface area contributed by atoms with Crippen molar-refractivity contribution in [3.8, 4) is 0 Å². The van der Waals surface area contributed by atoms with Gasteiger partial charge in [0.25, 0.3) is 0 Å². The van der Waals surface area contributed by atoms with Crippen LogP contribution in [-0.4, -0.2) is 24.1 Å². The summed E-state index contributed by atoms with van der Waals surface area (Å²) in [5, 5.41) is 3.07. The molecule has 0 unspecified atom stereocenters. The van der Waals surface area contributed by atoms with Crippen LogP contribution in [0.3, 0.4) is 0 Å². The second kappa shape index (κ2) is 7.94. The number of thioether (sulfide) groups is 1. The average Bonchev–Trinajstić information content (AvgIpc) is 2.53. The molecule has 0 atom stereocenters. The Kier molecular flexibility index (Phi) is 6.24. The van der Waals surface area contributed by atoms with Crippen molar-refractivity contribution in [3.63, 3.8) is 0 Å². The molecule has 1 amide bonds. The van der Waals surface area contributed by atoms with Crippen molar-refractivity contribution < 1.29 is 4.79 Å². The number of carbonyl (C=O) groups excluding carboxylic acids is 1. The van der Waals surface area contributed by atoms with E-state index in [4.69, 9.17) is 11.6 Å². The SMILES string of the molecule is O=C(CSc1ccccc1)NCC1(CCl)CCCCC1. The molecule has 4 heteroatoms. The maximum Gasteiger partial charge on any atom is 0.230 e. The summed E-state index contributed by atoms with van der Waals surface area (Å²) >= 11 is 7.71. The minimum absolute atomic E-state index is 0.105. The quantitative estimate of drug-likeness (QED) is 0.633. The molecule has 0 saturated heterocycles. The summed E-state index contributed by atoms with van der Waals surface area (Å²) < 4.78 is 0. The number of carbonyl (C=O) groups is 1. The topological polar surface area (TPSA) is 29.1 Å². The number of alkyl halides is 1. The number of halogens is 1. The summed E-state index contributed by atoms with van der Waals surface area (Å²) in [4.78, 5) is 13.1. The van der Waals surface area contributed by atoms with E-state index in [0.717, 1.165) is 24.3 Å². The number of hydrogen-bond donors (Lipinski definition) is 1. The largest absolute Gasteiger partial charge is 0.355 e. The van der Waals surface area contributed by atoms with Crippen LogP contribution in [0.1, 0.15) is 32.1 Å². The van der Waals surface area contributed by atoms with Crippen molar-refractivity contribution >= 4 is 29.3 Å². The van der Waals surface area contributed by atoms with E-state index in [-0.39, 0.29) is 11.3 Å². The Hall–Kier alpha value is -0.670. The molecular weight excluding hydrogens is 290 g/mol. The van der Waals surface area contributed by atoms with Gasteiger partial charge in [0.1, 0.15) is 0 Å². The van der Waals surface area contributed by atoms with Gasteiger partial charge in [-0.1, -0.05) is 37.5 Å². The zero-order valence-electron chi connectivity index (χ0n) is 11.7. The van der Waals surface area contributed by atoms with Crippen LogP contribution in [0.25, 0.3) is 0 Å². The van der Waals surface area contributed by atoms with Crippen LogP contribution >= 0.6 is 23.4 Å². The Morgan fingerprint density at radius 2 is 1.90 bits per heavy atom. The van der Waals surface area contributed by atoms with E-state index in [0.29, 0.717) is 11.6 Å². The molecule has 2 rings (SSSR count). The molecule has 1 aromatic carbocycles. The monoisotopic (exact) mass is 311 g/mol. The predicted molar refractivity (Wildman–Crippen MR) is 86.4 cm³/mol. The third kappa shape index (κ3) is 4.71. The molecule has 1 saturated carbocycles. The molecule has 0 aliphatic heterocycles. The molecule has 2 nitrogen and oxygen atoms in total. The molecule has 0 heterocycles. The second-order valence-electron chi connectivity index (χ2n) is 5.57. The van der Waals surface area contributed by atoms with Gasteiger partial charge in [0.15, 0.2) is 0 Å². The van der Waals surface area contributed by atoms with Gasteiger partial charge in [0.2, 0.25) is 5.91 Å². The van der Waals surface area contributed by atoms with E-state index >= 15 is 0 Å². The molecule has 1 aliphatic rings. The van der Waals surface area contributed by atoms with Crippen LogP contribution in [0.4, 0.5) is 0 Å². The van der Waals surface area contributed by atoms with Crippen molar-refractivity contribution in [1.29, 1.82) is 0 Å². The Morgan fingerprint density at radius 3 is 2.55 bits per heavy atom. The second-order valence-corrected chi connectivity index (χ2v) is 6.89. The molecule has 20 heavy (non-hydrogen) atoms. The van der Waals surface area contributed by atoms with E-state index in [2.05, 4.69) is 5.32 Å². The Morgan fingerprint density at radius 1 is 1.20 bits per heavy atom. The van der Waals surface area contributed by atoms with E-state index < -0.39 is 0 Å². The van der Waals surface area contributed by atoms with Gasteiger partial charge in [0.05, 0.1) is 5.75 Å². The van der Waals surface area contributed by atoms with Crippen LogP contribution in [0.5, 0.6) is 0 Å². The Balaban J connectivity index is 1.74. The zero-order chi connectivity index (χ0) is 14.3. The first-order valence-electron chi connectivity index (χ1n) is 7.25. The van der Waals surface area contributed by atoms with Crippen LogP contribution < -0.4 is 5.32 Å². The Bertz CT molecular complexity index is 418. The van der Waals surface area contributed by atoms with Gasteiger partial charge in [-0.25, -0.2) is 0 Å². The molecule has 1 aromatic rings. The van der Waals surface area contributed by atoms with Crippen LogP contribution in [-0.2, 0) is 4.79 Å². The molecule has 1 aliphatic carbocycles. The molecule has 110 valence electrons. The molecule has 0 bridgehead atoms. The highest BCUT2D eigenvalue weighted by molar-refractivity contribution is 8.00. The van der Waals surface area contributed by atoms with Crippen LogP contribution in [0, 0.1) is 5.41 Å². The lowest BCUT2D eigenvalue weighted by Crippen LogP contribution is -2.40. The summed E-state index contributed by atoms with van der Waals surface area (Å²) in [7, 11) is 0. The van der Waals surface area contributed by atoms with Crippen LogP contribution in [0.2, 0.25) is 0 Å². The van der Waals surface area contributed by atoms with Gasteiger partial charge >= 0.3 is 0 Å². The molecule has 1 fully saturated rings. The highest BCUT2D eigenvalue weighted by Gasteiger charge is 2.31. The van der Waals surface area contributed by atoms with E-state index in [1.54, 1.807) is 11.8 Å². The van der Waals surface area contributed by atoms with E-state index in [1.807, 2.05) is 30.3 Å². The van der Waals surface area contributed by atoms with Gasteiger partial charge in [-0.05, 0) is 25.0 Å². The van der Waals surface area contributed by atoms with Crippen molar-refractivity contribution in [2.75, 3.05) is 18.2 Å². The summed E-state index contributed by atoms with van der Waals surface area (Å²) in [6.07, 6.45) is 6.06. The molecular formula is C16H22ClNOS. The summed E-state index contributed by atoms with van der Waals surface area (Å²) in [6.45, 7) is 0.727. The van der Waals surface area contributed by atoms with E-state index in [9.17, 15) is 4.79 Å². The molecule has 0 aromatic heterocycles. The number of amides is 1. The van der Waals surface area contributed by atoms with E-state index in [1.165, 1.54) is 19.3 Å². The first-order valence-corrected chi connectivity index (χ1v) is 8.77. The summed E-state index contributed by atoms with van der Waals surface area (Å²) in [5.41, 5.74) is 0.132. The minimum atomic E-state index is 0.105. The van der Waals surface area contributed by atoms with Crippen molar-refractivity contribution in [2.24, 2.45) is 5.41 Å². The summed E-state index contributed by atoms with van der Waals surface area (Å²) in [6, 6.07) is 10.0. The number of rotatable bonds is 6. The fraction of sp³-hybridized carbons (Fsp3) is 0.562. The van der Waals surface area contributed by atoms with Crippen LogP contribution in [0.15, 0.2) is 35.2 Å². The summed E-state index contributed by atoms with van der Waals surface area (Å²) in [5.74, 6) is 1.23. The normalized spacial score (nSPS) is 17.6. The van der Waals surface area contributed by atoms with Gasteiger partial charge < -0.3 is 5.32 Å². The maximum absolute atomic E-state index is 11.9. The number of benzene rings is 1. The lowest BCUT2D eigenvalue weighted by atomic mass is 9.75. The maximum atomic E-state index is 11.9. The van der Waals surface area contributed by atoms with Gasteiger partial charge in [0, 0.05) is 22.7 Å². The van der Waals surface area contributed by atoms with Gasteiger partial charge in [-0.15, -0.1) is 23.4 Å². The van der Waals surface area contributed by atoms with Gasteiger partial charge in [-0.2, -0.15) is 0 Å². The van der Waals surface area contributed by atoms with Gasteiger partial charge in [-0.3, -0.25) is 4.79 Å². The minimum Gasteiger partial charge on any atom is -0.355 e. The molecule has 1 N–H and O–H groups in total. The zero-order valence-corrected chi connectivity index (χ0v) is 13.3. The third-order valence-corrected chi connectivity index (χ3v) is 5.55. The average molecular weight is 312 g/mol. The third-order valence-electron chi connectivity index (χ3n) is 3.97. The lowest BCUT2D eigenvalue weighted by molar-refractivity contribution is -0.119. The lowest BCUT2D eigenvalue weighted by Gasteiger charge is -2.35. The molecule has 0 spiro atoms. The first kappa shape index (κ1) is 15.7. The number of hydrogen-bond acceptors (Lipinski definition) is 2. The van der Waals surface area contributed by atoms with Crippen molar-refractivity contribution in [3.05, 3.63) is 30.3 Å². The first-order chi connectivity index (χ1) is 9.74. The smallest absolute Gasteiger partial charge is 0.230 e. The van der Waals surface area contributed by atoms with Crippen molar-refractivity contribution in [1.82, 2.24) is 5.32 Å². The standard InChI is InChI=1S/C16H22ClNOS/c17-12-16(9-5-2-6-10-16)13-18-15(19)11-20-14-7-3-1-4-8-14/h1,3-4,7-8H,2,5-6,9-13H2,(H,18,19). The van der Waals surface area contributed by atoms with Crippen molar-refractivity contribution in [2.45, 2.75) is 37.0 Å². The highest BCUT2D eigenvalue weighted by Crippen LogP contribution is 2.36. The molecule has 0 radical (unpaired) electrons. The fourth-order valence-electron chi connectivity index (χ4n) is 2.66. The predicted octanol–water partition coefficient (Wildman–Crippen LogP) is 4.08. The fourth-order valence-corrected chi connectivity index (χ4v) is 3.77. The Labute approximate surface area is 130 Å².